The van der Waals surface area contributed by atoms with Gasteiger partial charge in [0.15, 0.2) is 5.82 Å². The SMILES string of the molecule is CN1CCN(CCCn2cccc(Nc3nn(-c4ccc(OC(F)(F)F)cc4)c(=O)c4c3CCC4)c2=O)CC1. The fraction of sp³-hybridized carbons (Fsp3) is 0.444. The van der Waals surface area contributed by atoms with Crippen LogP contribution in [0.25, 0.3) is 5.69 Å². The van der Waals surface area contributed by atoms with Gasteiger partial charge in [-0.3, -0.25) is 9.59 Å². The molecular weight excluding hydrogens is 513 g/mol. The van der Waals surface area contributed by atoms with E-state index in [0.29, 0.717) is 42.1 Å². The number of likely N-dealkylation sites (N-methyl/N-ethyl adjacent to an activating group) is 1. The molecule has 2 aromatic heterocycles. The van der Waals surface area contributed by atoms with Crippen molar-refractivity contribution in [3.8, 4) is 11.4 Å². The van der Waals surface area contributed by atoms with Crippen molar-refractivity contribution in [2.45, 2.75) is 38.6 Å². The van der Waals surface area contributed by atoms with Crippen LogP contribution in [0, 0.1) is 0 Å². The number of hydrogen-bond donors (Lipinski definition) is 1. The highest BCUT2D eigenvalue weighted by Gasteiger charge is 2.31. The van der Waals surface area contributed by atoms with Crippen molar-refractivity contribution >= 4 is 11.5 Å². The molecule has 0 unspecified atom stereocenters. The molecule has 1 N–H and O–H groups in total. The quantitative estimate of drug-likeness (QED) is 0.467. The van der Waals surface area contributed by atoms with Crippen molar-refractivity contribution in [1.82, 2.24) is 24.1 Å². The van der Waals surface area contributed by atoms with Gasteiger partial charge in [-0.25, -0.2) is 0 Å². The Hall–Kier alpha value is -3.64. The third-order valence-electron chi connectivity index (χ3n) is 7.21. The van der Waals surface area contributed by atoms with Crippen molar-refractivity contribution in [1.29, 1.82) is 0 Å². The smallest absolute Gasteiger partial charge is 0.406 e. The van der Waals surface area contributed by atoms with Crippen molar-refractivity contribution in [2.24, 2.45) is 0 Å². The van der Waals surface area contributed by atoms with Crippen LogP contribution in [0.15, 0.2) is 52.2 Å². The van der Waals surface area contributed by atoms with Gasteiger partial charge >= 0.3 is 6.36 Å². The zero-order valence-corrected chi connectivity index (χ0v) is 21.7. The second-order valence-electron chi connectivity index (χ2n) is 9.96. The molecule has 0 spiro atoms. The zero-order chi connectivity index (χ0) is 27.6. The van der Waals surface area contributed by atoms with Gasteiger partial charge in [0.25, 0.3) is 11.1 Å². The minimum Gasteiger partial charge on any atom is -0.406 e. The Kier molecular flexibility index (Phi) is 7.76. The molecule has 0 saturated carbocycles. The van der Waals surface area contributed by atoms with Crippen LogP contribution in [0.5, 0.6) is 5.75 Å². The molecule has 2 aliphatic rings. The number of aromatic nitrogens is 3. The zero-order valence-electron chi connectivity index (χ0n) is 21.7. The van der Waals surface area contributed by atoms with Crippen LogP contribution in [0.2, 0.25) is 0 Å². The summed E-state index contributed by atoms with van der Waals surface area (Å²) in [6.07, 6.45) is -0.222. The molecule has 12 heteroatoms. The van der Waals surface area contributed by atoms with Crippen LogP contribution < -0.4 is 21.2 Å². The molecule has 1 aliphatic carbocycles. The fourth-order valence-electron chi connectivity index (χ4n) is 5.11. The van der Waals surface area contributed by atoms with Gasteiger partial charge in [0, 0.05) is 50.0 Å². The summed E-state index contributed by atoms with van der Waals surface area (Å²) in [5.41, 5.74) is 1.48. The normalized spacial score (nSPS) is 16.3. The van der Waals surface area contributed by atoms with E-state index < -0.39 is 12.1 Å². The molecule has 3 heterocycles. The highest BCUT2D eigenvalue weighted by molar-refractivity contribution is 5.61. The minimum atomic E-state index is -4.81. The lowest BCUT2D eigenvalue weighted by Gasteiger charge is -2.32. The molecule has 1 fully saturated rings. The number of aryl methyl sites for hydroxylation is 1. The number of hydrogen-bond acceptors (Lipinski definition) is 7. The summed E-state index contributed by atoms with van der Waals surface area (Å²) in [5, 5.41) is 7.63. The van der Waals surface area contributed by atoms with Gasteiger partial charge in [-0.05, 0) is 75.7 Å². The molecular formula is C27H31F3N6O3. The number of pyridine rings is 1. The number of ether oxygens (including phenoxy) is 1. The Bertz CT molecular complexity index is 1430. The largest absolute Gasteiger partial charge is 0.573 e. The standard InChI is InChI=1S/C27H31F3N6O3/c1-33-15-17-34(18-16-33)12-4-14-35-13-3-7-23(26(35)38)31-24-21-5-2-6-22(21)25(37)36(32-24)19-8-10-20(11-9-19)39-27(28,29)30/h3,7-11,13H,2,4-6,12,14-18H2,1H3,(H,31,32). The third kappa shape index (κ3) is 6.34. The summed E-state index contributed by atoms with van der Waals surface area (Å²) in [5.74, 6) is 0.00118. The van der Waals surface area contributed by atoms with E-state index in [4.69, 9.17) is 0 Å². The lowest BCUT2D eigenvalue weighted by molar-refractivity contribution is -0.274. The second-order valence-corrected chi connectivity index (χ2v) is 9.96. The second kappa shape index (κ2) is 11.2. The topological polar surface area (TPSA) is 84.6 Å². The van der Waals surface area contributed by atoms with Gasteiger partial charge in [-0.2, -0.15) is 4.68 Å². The summed E-state index contributed by atoms with van der Waals surface area (Å²) >= 11 is 0. The van der Waals surface area contributed by atoms with Crippen LogP contribution in [0.4, 0.5) is 24.7 Å². The third-order valence-corrected chi connectivity index (χ3v) is 7.21. The summed E-state index contributed by atoms with van der Waals surface area (Å²) in [6, 6.07) is 8.44. The number of fused-ring (bicyclic) bond motifs is 1. The fourth-order valence-corrected chi connectivity index (χ4v) is 5.11. The number of piperazine rings is 1. The van der Waals surface area contributed by atoms with E-state index in [1.54, 1.807) is 22.9 Å². The van der Waals surface area contributed by atoms with Gasteiger partial charge in [-0.15, -0.1) is 18.3 Å². The highest BCUT2D eigenvalue weighted by Crippen LogP contribution is 2.28. The van der Waals surface area contributed by atoms with Crippen molar-refractivity contribution in [2.75, 3.05) is 45.1 Å². The van der Waals surface area contributed by atoms with Gasteiger partial charge in [-0.1, -0.05) is 0 Å². The maximum absolute atomic E-state index is 13.3. The molecule has 9 nitrogen and oxygen atoms in total. The van der Waals surface area contributed by atoms with Gasteiger partial charge in [0.1, 0.15) is 11.4 Å². The van der Waals surface area contributed by atoms with E-state index in [0.717, 1.165) is 67.9 Å². The summed E-state index contributed by atoms with van der Waals surface area (Å²) in [7, 11) is 2.12. The first-order valence-electron chi connectivity index (χ1n) is 13.1. The number of benzene rings is 1. The molecule has 1 aromatic carbocycles. The molecule has 39 heavy (non-hydrogen) atoms. The van der Waals surface area contributed by atoms with Gasteiger partial charge < -0.3 is 24.4 Å². The van der Waals surface area contributed by atoms with E-state index in [9.17, 15) is 22.8 Å². The maximum atomic E-state index is 13.3. The average molecular weight is 545 g/mol. The molecule has 0 radical (unpaired) electrons. The van der Waals surface area contributed by atoms with Gasteiger partial charge in [0.2, 0.25) is 0 Å². The Morgan fingerprint density at radius 2 is 1.67 bits per heavy atom. The van der Waals surface area contributed by atoms with Crippen LogP contribution in [-0.4, -0.2) is 70.3 Å². The molecule has 0 bridgehead atoms. The first-order valence-corrected chi connectivity index (χ1v) is 13.1. The number of nitrogens with zero attached hydrogens (tertiary/aromatic N) is 5. The van der Waals surface area contributed by atoms with Crippen LogP contribution in [-0.2, 0) is 19.4 Å². The summed E-state index contributed by atoms with van der Waals surface area (Å²) in [6.45, 7) is 5.65. The predicted octanol–water partition coefficient (Wildman–Crippen LogP) is 3.16. The van der Waals surface area contributed by atoms with Crippen molar-refractivity contribution in [3.05, 3.63) is 74.4 Å². The van der Waals surface area contributed by atoms with E-state index in [1.165, 1.54) is 12.1 Å². The first kappa shape index (κ1) is 26.9. The molecule has 0 atom stereocenters. The Morgan fingerprint density at radius 1 is 0.949 bits per heavy atom. The molecule has 0 amide bonds. The molecule has 1 saturated heterocycles. The maximum Gasteiger partial charge on any atom is 0.573 e. The number of anilines is 2. The Morgan fingerprint density at radius 3 is 2.38 bits per heavy atom. The molecule has 5 rings (SSSR count). The number of rotatable bonds is 8. The average Bonchev–Trinajstić information content (AvgIpc) is 3.40. The van der Waals surface area contributed by atoms with Crippen molar-refractivity contribution in [3.63, 3.8) is 0 Å². The summed E-state index contributed by atoms with van der Waals surface area (Å²) in [4.78, 5) is 31.1. The van der Waals surface area contributed by atoms with Crippen molar-refractivity contribution < 1.29 is 17.9 Å². The summed E-state index contributed by atoms with van der Waals surface area (Å²) < 4.78 is 44.4. The lowest BCUT2D eigenvalue weighted by atomic mass is 10.2. The minimum absolute atomic E-state index is 0.184. The highest BCUT2D eigenvalue weighted by atomic mass is 19.4. The number of halogens is 3. The monoisotopic (exact) mass is 544 g/mol. The first-order chi connectivity index (χ1) is 18.7. The predicted molar refractivity (Wildman–Crippen MR) is 141 cm³/mol. The van der Waals surface area contributed by atoms with E-state index >= 15 is 0 Å². The molecule has 208 valence electrons. The number of nitrogens with one attached hydrogen (secondary N) is 1. The lowest BCUT2D eigenvalue weighted by Crippen LogP contribution is -2.44. The van der Waals surface area contributed by atoms with Crippen LogP contribution in [0.1, 0.15) is 24.0 Å². The molecule has 3 aromatic rings. The van der Waals surface area contributed by atoms with E-state index in [1.807, 2.05) is 0 Å². The molecule has 1 aliphatic heterocycles. The van der Waals surface area contributed by atoms with E-state index in [-0.39, 0.29) is 11.1 Å². The van der Waals surface area contributed by atoms with Gasteiger partial charge in [0.05, 0.1) is 5.69 Å². The van der Waals surface area contributed by atoms with Crippen LogP contribution in [0.3, 0.4) is 0 Å². The van der Waals surface area contributed by atoms with Crippen LogP contribution >= 0.6 is 0 Å². The Labute approximate surface area is 223 Å². The Balaban J connectivity index is 1.36. The number of alkyl halides is 3. The van der Waals surface area contributed by atoms with E-state index in [2.05, 4.69) is 32.0 Å².